The molecule has 2 atom stereocenters. The fraction of sp³-hybridized carbons (Fsp3) is 0.588. The van der Waals surface area contributed by atoms with E-state index in [1.165, 1.54) is 0 Å². The van der Waals surface area contributed by atoms with Gasteiger partial charge in [0.25, 0.3) is 0 Å². The molecule has 1 saturated carbocycles. The molecule has 1 aliphatic carbocycles. The number of methoxy groups -OCH3 is 1. The van der Waals surface area contributed by atoms with Gasteiger partial charge in [0.15, 0.2) is 0 Å². The molecular formula is C17H24N2O2. The number of amides is 1. The molecule has 1 N–H and O–H groups in total. The zero-order valence-electron chi connectivity index (χ0n) is 13.2. The van der Waals surface area contributed by atoms with E-state index < -0.39 is 0 Å². The first-order valence-electron chi connectivity index (χ1n) is 7.73. The summed E-state index contributed by atoms with van der Waals surface area (Å²) in [6.45, 7) is 6.48. The standard InChI is InChI=1S/C17H24N2O2/c1-11(2)12(3)19-15(18-17(9-10-17)16(19)20)13-5-7-14(21-4)8-6-13/h5-8,11-12,15,18H,9-10H2,1-4H3. The molecule has 1 aliphatic heterocycles. The Morgan fingerprint density at radius 1 is 1.24 bits per heavy atom. The highest BCUT2D eigenvalue weighted by Crippen LogP contribution is 2.47. The summed E-state index contributed by atoms with van der Waals surface area (Å²) in [6, 6.07) is 8.23. The first-order chi connectivity index (χ1) is 9.98. The van der Waals surface area contributed by atoms with E-state index in [1.807, 2.05) is 29.2 Å². The summed E-state index contributed by atoms with van der Waals surface area (Å²) in [4.78, 5) is 14.8. The van der Waals surface area contributed by atoms with Gasteiger partial charge in [0, 0.05) is 6.04 Å². The van der Waals surface area contributed by atoms with Gasteiger partial charge in [-0.2, -0.15) is 0 Å². The fourth-order valence-electron chi connectivity index (χ4n) is 3.01. The quantitative estimate of drug-likeness (QED) is 0.926. The van der Waals surface area contributed by atoms with Crippen LogP contribution < -0.4 is 10.1 Å². The van der Waals surface area contributed by atoms with E-state index in [0.717, 1.165) is 24.2 Å². The number of rotatable bonds is 4. The molecule has 0 aromatic heterocycles. The van der Waals surface area contributed by atoms with Crippen molar-refractivity contribution >= 4 is 5.91 Å². The number of carbonyl (C=O) groups is 1. The van der Waals surface area contributed by atoms with Crippen molar-refractivity contribution in [2.24, 2.45) is 5.92 Å². The number of hydrogen-bond acceptors (Lipinski definition) is 3. The fourth-order valence-corrected chi connectivity index (χ4v) is 3.01. The van der Waals surface area contributed by atoms with E-state index in [2.05, 4.69) is 26.1 Å². The van der Waals surface area contributed by atoms with Gasteiger partial charge in [-0.1, -0.05) is 26.0 Å². The van der Waals surface area contributed by atoms with Crippen molar-refractivity contribution in [3.05, 3.63) is 29.8 Å². The van der Waals surface area contributed by atoms with Crippen LogP contribution >= 0.6 is 0 Å². The maximum atomic E-state index is 12.8. The number of nitrogens with one attached hydrogen (secondary N) is 1. The molecule has 4 nitrogen and oxygen atoms in total. The van der Waals surface area contributed by atoms with Crippen LogP contribution in [-0.4, -0.2) is 29.5 Å². The molecule has 2 aliphatic rings. The minimum absolute atomic E-state index is 0.0247. The summed E-state index contributed by atoms with van der Waals surface area (Å²) in [5.41, 5.74) is 0.841. The van der Waals surface area contributed by atoms with Crippen LogP contribution in [0, 0.1) is 5.92 Å². The van der Waals surface area contributed by atoms with E-state index in [9.17, 15) is 4.79 Å². The highest BCUT2D eigenvalue weighted by molar-refractivity contribution is 5.92. The molecule has 21 heavy (non-hydrogen) atoms. The van der Waals surface area contributed by atoms with Crippen LogP contribution in [-0.2, 0) is 4.79 Å². The van der Waals surface area contributed by atoms with Crippen LogP contribution in [0.15, 0.2) is 24.3 Å². The Labute approximate surface area is 126 Å². The highest BCUT2D eigenvalue weighted by Gasteiger charge is 2.60. The number of nitrogens with zero attached hydrogens (tertiary/aromatic N) is 1. The topological polar surface area (TPSA) is 41.6 Å². The first kappa shape index (κ1) is 14.4. The zero-order chi connectivity index (χ0) is 15.2. The van der Waals surface area contributed by atoms with E-state index in [0.29, 0.717) is 5.92 Å². The lowest BCUT2D eigenvalue weighted by Crippen LogP contribution is -2.41. The average Bonchev–Trinajstić information content (AvgIpc) is 3.21. The Bertz CT molecular complexity index is 534. The Hall–Kier alpha value is -1.55. The Kier molecular flexibility index (Phi) is 3.44. The third-order valence-corrected chi connectivity index (χ3v) is 4.92. The lowest BCUT2D eigenvalue weighted by molar-refractivity contribution is -0.133. The van der Waals surface area contributed by atoms with Crippen LogP contribution in [0.1, 0.15) is 45.3 Å². The molecule has 2 fully saturated rings. The molecule has 4 heteroatoms. The highest BCUT2D eigenvalue weighted by atomic mass is 16.5. The lowest BCUT2D eigenvalue weighted by Gasteiger charge is -2.33. The van der Waals surface area contributed by atoms with Crippen molar-refractivity contribution < 1.29 is 9.53 Å². The monoisotopic (exact) mass is 288 g/mol. The van der Waals surface area contributed by atoms with Crippen molar-refractivity contribution in [2.45, 2.75) is 51.4 Å². The number of ether oxygens (including phenoxy) is 1. The Morgan fingerprint density at radius 3 is 2.33 bits per heavy atom. The van der Waals surface area contributed by atoms with Crippen LogP contribution in [0.25, 0.3) is 0 Å². The van der Waals surface area contributed by atoms with Crippen molar-refractivity contribution in [2.75, 3.05) is 7.11 Å². The first-order valence-corrected chi connectivity index (χ1v) is 7.73. The molecule has 1 amide bonds. The second-order valence-corrected chi connectivity index (χ2v) is 6.60. The second-order valence-electron chi connectivity index (χ2n) is 6.60. The number of hydrogen-bond donors (Lipinski definition) is 1. The van der Waals surface area contributed by atoms with Gasteiger partial charge in [0.05, 0.1) is 7.11 Å². The van der Waals surface area contributed by atoms with Crippen LogP contribution in [0.3, 0.4) is 0 Å². The van der Waals surface area contributed by atoms with Gasteiger partial charge >= 0.3 is 0 Å². The molecule has 3 rings (SSSR count). The molecular weight excluding hydrogens is 264 g/mol. The van der Waals surface area contributed by atoms with Gasteiger partial charge in [0.1, 0.15) is 17.5 Å². The summed E-state index contributed by atoms with van der Waals surface area (Å²) >= 11 is 0. The van der Waals surface area contributed by atoms with Crippen molar-refractivity contribution in [1.29, 1.82) is 0 Å². The summed E-state index contributed by atoms with van der Waals surface area (Å²) in [5, 5.41) is 3.57. The SMILES string of the molecule is COc1ccc(C2NC3(CC3)C(=O)N2C(C)C(C)C)cc1. The van der Waals surface area contributed by atoms with Gasteiger partial charge in [-0.05, 0) is 43.4 Å². The largest absolute Gasteiger partial charge is 0.497 e. The second kappa shape index (κ2) is 5.02. The van der Waals surface area contributed by atoms with Gasteiger partial charge in [-0.15, -0.1) is 0 Å². The molecule has 0 radical (unpaired) electrons. The molecule has 1 aromatic carbocycles. The predicted molar refractivity (Wildman–Crippen MR) is 82.0 cm³/mol. The summed E-state index contributed by atoms with van der Waals surface area (Å²) in [7, 11) is 1.67. The normalized spacial score (nSPS) is 24.7. The minimum Gasteiger partial charge on any atom is -0.497 e. The zero-order valence-corrected chi connectivity index (χ0v) is 13.2. The molecule has 1 spiro atoms. The molecule has 1 heterocycles. The van der Waals surface area contributed by atoms with Crippen LogP contribution in [0.2, 0.25) is 0 Å². The summed E-state index contributed by atoms with van der Waals surface area (Å²) in [5.74, 6) is 1.54. The van der Waals surface area contributed by atoms with Crippen molar-refractivity contribution in [3.8, 4) is 5.75 Å². The third-order valence-electron chi connectivity index (χ3n) is 4.92. The summed E-state index contributed by atoms with van der Waals surface area (Å²) in [6.07, 6.45) is 1.89. The lowest BCUT2D eigenvalue weighted by atomic mass is 10.0. The van der Waals surface area contributed by atoms with Gasteiger partial charge < -0.3 is 9.64 Å². The van der Waals surface area contributed by atoms with E-state index >= 15 is 0 Å². The number of benzene rings is 1. The Morgan fingerprint density at radius 2 is 1.86 bits per heavy atom. The molecule has 1 saturated heterocycles. The predicted octanol–water partition coefficient (Wildman–Crippen LogP) is 2.70. The van der Waals surface area contributed by atoms with E-state index in [-0.39, 0.29) is 23.7 Å². The van der Waals surface area contributed by atoms with Gasteiger partial charge in [0.2, 0.25) is 5.91 Å². The molecule has 1 aromatic rings. The number of carbonyl (C=O) groups excluding carboxylic acids is 1. The van der Waals surface area contributed by atoms with Crippen LogP contribution in [0.5, 0.6) is 5.75 Å². The summed E-state index contributed by atoms with van der Waals surface area (Å²) < 4.78 is 5.22. The minimum atomic E-state index is -0.284. The van der Waals surface area contributed by atoms with E-state index in [1.54, 1.807) is 7.11 Å². The smallest absolute Gasteiger partial charge is 0.244 e. The maximum absolute atomic E-state index is 12.8. The molecule has 114 valence electrons. The van der Waals surface area contributed by atoms with Gasteiger partial charge in [-0.25, -0.2) is 0 Å². The maximum Gasteiger partial charge on any atom is 0.244 e. The third kappa shape index (κ3) is 2.31. The average molecular weight is 288 g/mol. The van der Waals surface area contributed by atoms with Gasteiger partial charge in [-0.3, -0.25) is 10.1 Å². The van der Waals surface area contributed by atoms with Crippen molar-refractivity contribution in [3.63, 3.8) is 0 Å². The van der Waals surface area contributed by atoms with Crippen molar-refractivity contribution in [1.82, 2.24) is 10.2 Å². The van der Waals surface area contributed by atoms with Crippen LogP contribution in [0.4, 0.5) is 0 Å². The molecule has 2 unspecified atom stereocenters. The molecule has 0 bridgehead atoms. The van der Waals surface area contributed by atoms with E-state index in [4.69, 9.17) is 4.74 Å². The Balaban J connectivity index is 1.92.